The fraction of sp³-hybridized carbons (Fsp3) is 0.615. The van der Waals surface area contributed by atoms with Crippen molar-refractivity contribution in [3.8, 4) is 0 Å². The second kappa shape index (κ2) is 8.33. The number of ether oxygens (including phenoxy) is 1. The van der Waals surface area contributed by atoms with Crippen molar-refractivity contribution in [1.82, 2.24) is 9.21 Å². The minimum absolute atomic E-state index is 0.146. The number of carbonyl (C=O) groups excluding carboxylic acids is 1. The lowest BCUT2D eigenvalue weighted by atomic mass is 10.3. The Labute approximate surface area is 155 Å². The highest BCUT2D eigenvalue weighted by atomic mass is 79.9. The molecule has 0 spiro atoms. The first kappa shape index (κ1) is 20.6. The van der Waals surface area contributed by atoms with Crippen LogP contribution in [0.2, 0.25) is 0 Å². The molecule has 12 heteroatoms. The third-order valence-corrected chi connectivity index (χ3v) is 7.45. The molecule has 0 aromatic carbocycles. The van der Waals surface area contributed by atoms with E-state index >= 15 is 0 Å². The lowest BCUT2D eigenvalue weighted by molar-refractivity contribution is -0.175. The Kier molecular flexibility index (Phi) is 6.87. The van der Waals surface area contributed by atoms with E-state index in [1.165, 1.54) is 15.3 Å². The quantitative estimate of drug-likeness (QED) is 0.605. The molecule has 0 N–H and O–H groups in total. The number of halogens is 4. The molecule has 1 aromatic rings. The number of amides is 1. The van der Waals surface area contributed by atoms with E-state index in [9.17, 15) is 26.4 Å². The van der Waals surface area contributed by atoms with Gasteiger partial charge in [0.05, 0.1) is 16.8 Å². The van der Waals surface area contributed by atoms with Crippen LogP contribution in [0, 0.1) is 0 Å². The molecule has 1 aromatic heterocycles. The van der Waals surface area contributed by atoms with E-state index in [2.05, 4.69) is 20.7 Å². The molecule has 1 aliphatic heterocycles. The lowest BCUT2D eigenvalue weighted by Gasteiger charge is -2.33. The van der Waals surface area contributed by atoms with E-state index < -0.39 is 22.8 Å². The minimum atomic E-state index is -4.42. The molecular formula is C13H16BrF3N2O4S2. The number of hydrogen-bond acceptors (Lipinski definition) is 5. The van der Waals surface area contributed by atoms with Crippen LogP contribution in [0.4, 0.5) is 13.2 Å². The van der Waals surface area contributed by atoms with Crippen LogP contribution >= 0.6 is 27.3 Å². The van der Waals surface area contributed by atoms with Crippen molar-refractivity contribution in [1.29, 1.82) is 0 Å². The average molecular weight is 465 g/mol. The topological polar surface area (TPSA) is 66.9 Å². The smallest absolute Gasteiger partial charge is 0.372 e. The van der Waals surface area contributed by atoms with Gasteiger partial charge in [0.1, 0.15) is 10.8 Å². The van der Waals surface area contributed by atoms with Gasteiger partial charge in [-0.2, -0.15) is 17.5 Å². The summed E-state index contributed by atoms with van der Waals surface area (Å²) in [6, 6.07) is 3.16. The zero-order valence-corrected chi connectivity index (χ0v) is 16.2. The molecule has 0 bridgehead atoms. The zero-order chi connectivity index (χ0) is 18.7. The van der Waals surface area contributed by atoms with Crippen LogP contribution in [0.3, 0.4) is 0 Å². The van der Waals surface area contributed by atoms with E-state index in [1.54, 1.807) is 6.07 Å². The molecule has 1 amide bonds. The van der Waals surface area contributed by atoms with Crippen LogP contribution in [0.5, 0.6) is 0 Å². The summed E-state index contributed by atoms with van der Waals surface area (Å²) in [5, 5.41) is 0. The van der Waals surface area contributed by atoms with Gasteiger partial charge in [0.25, 0.3) is 10.0 Å². The van der Waals surface area contributed by atoms with Crippen molar-refractivity contribution in [2.24, 2.45) is 0 Å². The number of thiophene rings is 1. The maximum atomic E-state index is 12.5. The van der Waals surface area contributed by atoms with Crippen molar-refractivity contribution in [3.05, 3.63) is 15.9 Å². The van der Waals surface area contributed by atoms with Gasteiger partial charge in [-0.15, -0.1) is 11.3 Å². The summed E-state index contributed by atoms with van der Waals surface area (Å²) in [4.78, 5) is 13.4. The molecule has 1 saturated heterocycles. The minimum Gasteiger partial charge on any atom is -0.372 e. The van der Waals surface area contributed by atoms with E-state index in [1.807, 2.05) is 0 Å². The fourth-order valence-electron chi connectivity index (χ4n) is 2.25. The van der Waals surface area contributed by atoms with Crippen LogP contribution in [-0.2, 0) is 19.6 Å². The predicted octanol–water partition coefficient (Wildman–Crippen LogP) is 2.31. The number of alkyl halides is 3. The molecule has 1 aliphatic rings. The highest BCUT2D eigenvalue weighted by Gasteiger charge is 2.31. The van der Waals surface area contributed by atoms with Gasteiger partial charge < -0.3 is 9.64 Å². The molecule has 2 rings (SSSR count). The summed E-state index contributed by atoms with van der Waals surface area (Å²) >= 11 is 4.33. The first-order valence-electron chi connectivity index (χ1n) is 7.27. The van der Waals surface area contributed by atoms with E-state index in [0.29, 0.717) is 3.79 Å². The Morgan fingerprint density at radius 2 is 1.88 bits per heavy atom. The molecular weight excluding hydrogens is 449 g/mol. The summed E-state index contributed by atoms with van der Waals surface area (Å²) in [6.07, 6.45) is -4.58. The first-order valence-corrected chi connectivity index (χ1v) is 10.3. The fourth-order valence-corrected chi connectivity index (χ4v) is 5.83. The zero-order valence-electron chi connectivity index (χ0n) is 13.0. The van der Waals surface area contributed by atoms with Crippen LogP contribution in [-0.4, -0.2) is 69.1 Å². The molecule has 0 aliphatic carbocycles. The third-order valence-electron chi connectivity index (χ3n) is 3.46. The summed E-state index contributed by atoms with van der Waals surface area (Å²) in [7, 11) is -3.59. The van der Waals surface area contributed by atoms with Gasteiger partial charge in [-0.25, -0.2) is 8.42 Å². The molecule has 0 radical (unpaired) electrons. The van der Waals surface area contributed by atoms with E-state index in [-0.39, 0.29) is 49.3 Å². The Morgan fingerprint density at radius 3 is 2.40 bits per heavy atom. The highest BCUT2D eigenvalue weighted by molar-refractivity contribution is 9.11. The van der Waals surface area contributed by atoms with Crippen LogP contribution in [0.15, 0.2) is 20.1 Å². The molecule has 6 nitrogen and oxygen atoms in total. The van der Waals surface area contributed by atoms with Crippen molar-refractivity contribution in [2.45, 2.75) is 16.8 Å². The lowest BCUT2D eigenvalue weighted by Crippen LogP contribution is -2.50. The summed E-state index contributed by atoms with van der Waals surface area (Å²) in [5.74, 6) is -0.349. The van der Waals surface area contributed by atoms with Gasteiger partial charge in [0, 0.05) is 26.2 Å². The van der Waals surface area contributed by atoms with Crippen LogP contribution in [0.25, 0.3) is 0 Å². The molecule has 0 unspecified atom stereocenters. The summed E-state index contributed by atoms with van der Waals surface area (Å²) in [6.45, 7) is -1.02. The SMILES string of the molecule is O=C(CCOCC(F)(F)F)N1CCN(S(=O)(=O)c2ccc(Br)s2)CC1. The number of hydrogen-bond donors (Lipinski definition) is 0. The van der Waals surface area contributed by atoms with Gasteiger partial charge in [0.15, 0.2) is 0 Å². The highest BCUT2D eigenvalue weighted by Crippen LogP contribution is 2.29. The molecule has 0 atom stereocenters. The maximum Gasteiger partial charge on any atom is 0.411 e. The molecule has 25 heavy (non-hydrogen) atoms. The van der Waals surface area contributed by atoms with Crippen molar-refractivity contribution < 1.29 is 31.1 Å². The number of rotatable bonds is 6. The van der Waals surface area contributed by atoms with Gasteiger partial charge >= 0.3 is 6.18 Å². The van der Waals surface area contributed by atoms with Gasteiger partial charge in [-0.05, 0) is 28.1 Å². The number of sulfonamides is 1. The third kappa shape index (κ3) is 5.91. The summed E-state index contributed by atoms with van der Waals surface area (Å²) < 4.78 is 67.4. The monoisotopic (exact) mass is 464 g/mol. The number of piperazine rings is 1. The normalized spacial score (nSPS) is 17.0. The molecule has 1 fully saturated rings. The molecule has 142 valence electrons. The Balaban J connectivity index is 1.80. The van der Waals surface area contributed by atoms with Gasteiger partial charge in [0.2, 0.25) is 5.91 Å². The van der Waals surface area contributed by atoms with E-state index in [0.717, 1.165) is 11.3 Å². The molecule has 0 saturated carbocycles. The first-order chi connectivity index (χ1) is 11.6. The van der Waals surface area contributed by atoms with Crippen LogP contribution < -0.4 is 0 Å². The Bertz CT molecular complexity index is 700. The predicted molar refractivity (Wildman–Crippen MR) is 88.8 cm³/mol. The number of carbonyl (C=O) groups is 1. The standard InChI is InChI=1S/C13H16BrF3N2O4S2/c14-10-1-2-12(24-10)25(21,22)19-6-4-18(5-7-19)11(20)3-8-23-9-13(15,16)17/h1-2H,3-9H2. The second-order valence-corrected chi connectivity index (χ2v) is 9.89. The van der Waals surface area contributed by atoms with Gasteiger partial charge in [-0.1, -0.05) is 0 Å². The summed E-state index contributed by atoms with van der Waals surface area (Å²) in [5.41, 5.74) is 0. The number of nitrogens with zero attached hydrogens (tertiary/aromatic N) is 2. The average Bonchev–Trinajstić information content (AvgIpc) is 2.98. The van der Waals surface area contributed by atoms with E-state index in [4.69, 9.17) is 0 Å². The maximum absolute atomic E-state index is 12.5. The van der Waals surface area contributed by atoms with Crippen molar-refractivity contribution in [3.63, 3.8) is 0 Å². The largest absolute Gasteiger partial charge is 0.411 e. The van der Waals surface area contributed by atoms with Gasteiger partial charge in [-0.3, -0.25) is 4.79 Å². The Morgan fingerprint density at radius 1 is 1.24 bits per heavy atom. The van der Waals surface area contributed by atoms with Crippen LogP contribution in [0.1, 0.15) is 6.42 Å². The van der Waals surface area contributed by atoms with Crippen molar-refractivity contribution >= 4 is 43.2 Å². The van der Waals surface area contributed by atoms with Crippen molar-refractivity contribution in [2.75, 3.05) is 39.4 Å². The second-order valence-electron chi connectivity index (χ2n) is 5.26. The molecule has 2 heterocycles. The Hall–Kier alpha value is -0.690.